The maximum Gasteiger partial charge on any atom is 0.243 e. The van der Waals surface area contributed by atoms with Crippen molar-refractivity contribution >= 4 is 26.5 Å². The zero-order valence-corrected chi connectivity index (χ0v) is 17.2. The van der Waals surface area contributed by atoms with Gasteiger partial charge in [-0.3, -0.25) is 0 Å². The quantitative estimate of drug-likeness (QED) is 0.643. The monoisotopic (exact) mass is 433 g/mol. The zero-order valence-electron chi connectivity index (χ0n) is 15.5. The molecule has 0 atom stereocenters. The number of halogens is 1. The molecule has 2 aromatic carbocycles. The summed E-state index contributed by atoms with van der Waals surface area (Å²) in [6, 6.07) is 13.1. The van der Waals surface area contributed by atoms with Crippen molar-refractivity contribution in [3.05, 3.63) is 65.3 Å². The Hall–Kier alpha value is -2.33. The Kier molecular flexibility index (Phi) is 5.91. The van der Waals surface area contributed by atoms with Crippen LogP contribution >= 0.6 is 11.3 Å². The van der Waals surface area contributed by atoms with Gasteiger partial charge in [-0.2, -0.15) is 4.31 Å². The first-order valence-corrected chi connectivity index (χ1v) is 11.5. The molecule has 2 heterocycles. The maximum absolute atomic E-state index is 13.0. The van der Waals surface area contributed by atoms with Crippen molar-refractivity contribution in [3.63, 3.8) is 0 Å². The van der Waals surface area contributed by atoms with Crippen LogP contribution in [0.15, 0.2) is 58.8 Å². The van der Waals surface area contributed by atoms with Crippen LogP contribution in [0.4, 0.5) is 9.52 Å². The first kappa shape index (κ1) is 20.0. The van der Waals surface area contributed by atoms with Crippen LogP contribution in [0.1, 0.15) is 5.56 Å². The second-order valence-corrected chi connectivity index (χ2v) is 9.35. The summed E-state index contributed by atoms with van der Waals surface area (Å²) in [4.78, 5) is 4.82. The lowest BCUT2D eigenvalue weighted by atomic mass is 10.2. The third-order valence-electron chi connectivity index (χ3n) is 4.62. The second kappa shape index (κ2) is 8.58. The average molecular weight is 434 g/mol. The summed E-state index contributed by atoms with van der Waals surface area (Å²) >= 11 is 1.46. The molecule has 1 N–H and O–H groups in total. The summed E-state index contributed by atoms with van der Waals surface area (Å²) in [5.41, 5.74) is 2.57. The molecule has 0 radical (unpaired) electrons. The summed E-state index contributed by atoms with van der Waals surface area (Å²) in [5, 5.41) is 5.88. The van der Waals surface area contributed by atoms with E-state index in [9.17, 15) is 12.8 Å². The topological polar surface area (TPSA) is 71.5 Å². The Morgan fingerprint density at radius 3 is 2.45 bits per heavy atom. The number of sulfonamides is 1. The molecule has 1 saturated heterocycles. The number of hydrogen-bond acceptors (Lipinski definition) is 6. The van der Waals surface area contributed by atoms with E-state index in [2.05, 4.69) is 10.3 Å². The van der Waals surface area contributed by atoms with Crippen LogP contribution in [0.3, 0.4) is 0 Å². The molecule has 6 nitrogen and oxygen atoms in total. The van der Waals surface area contributed by atoms with Gasteiger partial charge in [-0.05, 0) is 29.8 Å². The third-order valence-corrected chi connectivity index (χ3v) is 7.33. The van der Waals surface area contributed by atoms with Gasteiger partial charge in [0, 0.05) is 30.6 Å². The molecule has 0 bridgehead atoms. The van der Waals surface area contributed by atoms with Crippen LogP contribution in [0.5, 0.6) is 0 Å². The SMILES string of the molecule is O=S(=O)(c1ccc(-c2csc(NCc3ccc(F)cc3)n2)cc1)N1CCOCC1. The van der Waals surface area contributed by atoms with Crippen LogP contribution < -0.4 is 5.32 Å². The molecule has 152 valence electrons. The molecule has 4 rings (SSSR count). The Labute approximate surface area is 173 Å². The van der Waals surface area contributed by atoms with Crippen molar-refractivity contribution in [1.82, 2.24) is 9.29 Å². The third kappa shape index (κ3) is 4.64. The summed E-state index contributed by atoms with van der Waals surface area (Å²) in [7, 11) is -3.50. The predicted octanol–water partition coefficient (Wildman–Crippen LogP) is 3.58. The number of rotatable bonds is 6. The van der Waals surface area contributed by atoms with Crippen molar-refractivity contribution in [1.29, 1.82) is 0 Å². The number of anilines is 1. The minimum Gasteiger partial charge on any atom is -0.379 e. The van der Waals surface area contributed by atoms with Gasteiger partial charge >= 0.3 is 0 Å². The molecule has 3 aromatic rings. The molecule has 0 spiro atoms. The molecule has 29 heavy (non-hydrogen) atoms. The van der Waals surface area contributed by atoms with Gasteiger partial charge < -0.3 is 10.1 Å². The van der Waals surface area contributed by atoms with Crippen LogP contribution in [-0.2, 0) is 21.3 Å². The fourth-order valence-corrected chi connectivity index (χ4v) is 5.13. The molecule has 0 unspecified atom stereocenters. The van der Waals surface area contributed by atoms with E-state index in [1.165, 1.54) is 27.8 Å². The second-order valence-electron chi connectivity index (χ2n) is 6.56. The predicted molar refractivity (Wildman–Crippen MR) is 111 cm³/mol. The van der Waals surface area contributed by atoms with Gasteiger partial charge in [-0.15, -0.1) is 11.3 Å². The average Bonchev–Trinajstić information content (AvgIpc) is 3.23. The van der Waals surface area contributed by atoms with Crippen molar-refractivity contribution in [2.24, 2.45) is 0 Å². The number of thiazole rings is 1. The molecule has 1 aliphatic heterocycles. The van der Waals surface area contributed by atoms with Crippen LogP contribution in [0.2, 0.25) is 0 Å². The van der Waals surface area contributed by atoms with E-state index in [1.807, 2.05) is 5.38 Å². The standard InChI is InChI=1S/C20H20FN3O3S2/c21-17-5-1-15(2-6-17)13-22-20-23-19(14-28-20)16-3-7-18(8-4-16)29(25,26)24-9-11-27-12-10-24/h1-8,14H,9-13H2,(H,22,23). The van der Waals surface area contributed by atoms with Gasteiger partial charge in [0.2, 0.25) is 10.0 Å². The van der Waals surface area contributed by atoms with E-state index in [-0.39, 0.29) is 10.7 Å². The van der Waals surface area contributed by atoms with Crippen LogP contribution in [0.25, 0.3) is 11.3 Å². The zero-order chi connectivity index (χ0) is 20.3. The van der Waals surface area contributed by atoms with E-state index < -0.39 is 10.0 Å². The number of aromatic nitrogens is 1. The smallest absolute Gasteiger partial charge is 0.243 e. The highest BCUT2D eigenvalue weighted by molar-refractivity contribution is 7.89. The molecule has 0 saturated carbocycles. The van der Waals surface area contributed by atoms with E-state index in [0.717, 1.165) is 22.0 Å². The largest absolute Gasteiger partial charge is 0.379 e. The van der Waals surface area contributed by atoms with Crippen molar-refractivity contribution in [2.75, 3.05) is 31.6 Å². The van der Waals surface area contributed by atoms with Crippen molar-refractivity contribution in [2.45, 2.75) is 11.4 Å². The summed E-state index contributed by atoms with van der Waals surface area (Å²) in [5.74, 6) is -0.260. The van der Waals surface area contributed by atoms with Gasteiger partial charge in [0.25, 0.3) is 0 Å². The lowest BCUT2D eigenvalue weighted by Gasteiger charge is -2.26. The Morgan fingerprint density at radius 1 is 1.07 bits per heavy atom. The number of hydrogen-bond donors (Lipinski definition) is 1. The molecular formula is C20H20FN3O3S2. The molecule has 0 aliphatic carbocycles. The highest BCUT2D eigenvalue weighted by Crippen LogP contribution is 2.27. The Balaban J connectivity index is 1.43. The fraction of sp³-hybridized carbons (Fsp3) is 0.250. The maximum atomic E-state index is 13.0. The summed E-state index contributed by atoms with van der Waals surface area (Å²) < 4.78 is 45.1. The summed E-state index contributed by atoms with van der Waals surface area (Å²) in [6.07, 6.45) is 0. The number of morpholine rings is 1. The van der Waals surface area contributed by atoms with Gasteiger partial charge in [0.05, 0.1) is 23.8 Å². The highest BCUT2D eigenvalue weighted by atomic mass is 32.2. The van der Waals surface area contributed by atoms with Crippen molar-refractivity contribution < 1.29 is 17.5 Å². The van der Waals surface area contributed by atoms with Crippen LogP contribution in [-0.4, -0.2) is 44.0 Å². The Morgan fingerprint density at radius 2 is 1.76 bits per heavy atom. The van der Waals surface area contributed by atoms with Gasteiger partial charge in [-0.1, -0.05) is 24.3 Å². The van der Waals surface area contributed by atoms with E-state index in [0.29, 0.717) is 32.8 Å². The minimum atomic E-state index is -3.50. The van der Waals surface area contributed by atoms with Gasteiger partial charge in [-0.25, -0.2) is 17.8 Å². The van der Waals surface area contributed by atoms with Crippen molar-refractivity contribution in [3.8, 4) is 11.3 Å². The van der Waals surface area contributed by atoms with E-state index in [1.54, 1.807) is 36.4 Å². The Bertz CT molecular complexity index is 1060. The number of benzene rings is 2. The van der Waals surface area contributed by atoms with Crippen LogP contribution in [0, 0.1) is 5.82 Å². The highest BCUT2D eigenvalue weighted by Gasteiger charge is 2.26. The number of nitrogens with one attached hydrogen (secondary N) is 1. The first-order valence-electron chi connectivity index (χ1n) is 9.14. The molecule has 9 heteroatoms. The lowest BCUT2D eigenvalue weighted by Crippen LogP contribution is -2.40. The number of ether oxygens (including phenoxy) is 1. The molecular weight excluding hydrogens is 413 g/mol. The van der Waals surface area contributed by atoms with E-state index >= 15 is 0 Å². The van der Waals surface area contributed by atoms with E-state index in [4.69, 9.17) is 4.74 Å². The minimum absolute atomic E-state index is 0.260. The normalized spacial score (nSPS) is 15.3. The summed E-state index contributed by atoms with van der Waals surface area (Å²) in [6.45, 7) is 2.14. The molecule has 1 fully saturated rings. The van der Waals surface area contributed by atoms with Gasteiger partial charge in [0.1, 0.15) is 5.82 Å². The number of nitrogens with zero attached hydrogens (tertiary/aromatic N) is 2. The van der Waals surface area contributed by atoms with Gasteiger partial charge in [0.15, 0.2) is 5.13 Å². The first-order chi connectivity index (χ1) is 14.0. The lowest BCUT2D eigenvalue weighted by molar-refractivity contribution is 0.0730. The molecule has 0 amide bonds. The molecule has 1 aromatic heterocycles. The molecule has 1 aliphatic rings. The fourth-order valence-electron chi connectivity index (χ4n) is 3.00.